The third-order valence-electron chi connectivity index (χ3n) is 10.6. The van der Waals surface area contributed by atoms with E-state index >= 15 is 0 Å². The Morgan fingerprint density at radius 3 is 2.37 bits per heavy atom. The summed E-state index contributed by atoms with van der Waals surface area (Å²) in [6.45, 7) is 1.27. The zero-order valence-electron chi connectivity index (χ0n) is 22.3. The highest BCUT2D eigenvalue weighted by Crippen LogP contribution is 2.61. The van der Waals surface area contributed by atoms with Gasteiger partial charge in [-0.1, -0.05) is 12.1 Å². The average Bonchev–Trinajstić information content (AvgIpc) is 3.10. The van der Waals surface area contributed by atoms with Gasteiger partial charge < -0.3 is 26.0 Å². The maximum absolute atomic E-state index is 13.3. The number of hydrogen-bond acceptors (Lipinski definition) is 6. The van der Waals surface area contributed by atoms with Crippen LogP contribution in [-0.4, -0.2) is 87.0 Å². The quantitative estimate of drug-likeness (QED) is 0.391. The Labute approximate surface area is 225 Å². The topological polar surface area (TPSA) is 127 Å². The Hall–Kier alpha value is -2.00. The molecular weight excluding hydrogens is 482 g/mol. The number of nitrogens with zero attached hydrogens (tertiary/aromatic N) is 2. The van der Waals surface area contributed by atoms with Crippen molar-refractivity contribution in [2.24, 2.45) is 23.0 Å². The second-order valence-electron chi connectivity index (χ2n) is 13.4. The third-order valence-corrected chi connectivity index (χ3v) is 10.6. The molecule has 208 valence electrons. The predicted molar refractivity (Wildman–Crippen MR) is 142 cm³/mol. The zero-order chi connectivity index (χ0) is 26.7. The smallest absolute Gasteiger partial charge is 0.253 e. The Morgan fingerprint density at radius 2 is 1.76 bits per heavy atom. The van der Waals surface area contributed by atoms with Crippen LogP contribution in [0.25, 0.3) is 0 Å². The largest absolute Gasteiger partial charge is 0.393 e. The summed E-state index contributed by atoms with van der Waals surface area (Å²) >= 11 is 0. The summed E-state index contributed by atoms with van der Waals surface area (Å²) in [6.07, 6.45) is 8.71. The van der Waals surface area contributed by atoms with Crippen LogP contribution in [0, 0.1) is 17.3 Å². The minimum absolute atomic E-state index is 0.0823. The summed E-state index contributed by atoms with van der Waals surface area (Å²) in [4.78, 5) is 29.3. The van der Waals surface area contributed by atoms with Gasteiger partial charge in [-0.05, 0) is 105 Å². The first-order valence-corrected chi connectivity index (χ1v) is 14.6. The van der Waals surface area contributed by atoms with Gasteiger partial charge in [0.25, 0.3) is 5.91 Å². The van der Waals surface area contributed by atoms with Crippen LogP contribution in [0.15, 0.2) is 24.3 Å². The Bertz CT molecular complexity index is 1050. The number of nitrogens with two attached hydrogens (primary N) is 1. The highest BCUT2D eigenvalue weighted by Gasteiger charge is 2.57. The minimum atomic E-state index is -1.40. The average molecular weight is 526 g/mol. The number of primary amides is 1. The Kier molecular flexibility index (Phi) is 6.82. The van der Waals surface area contributed by atoms with Gasteiger partial charge in [0.05, 0.1) is 12.2 Å². The SMILES string of the molecule is NC(=O)c1cccc([C@H]2C[C@H]3CC[C@@H](C2)N3CCN(CC23CC4CC(CC(O)(C4)C2)C3)C(=O)[C@@H](O)CO)c1. The molecule has 0 radical (unpaired) electrons. The molecule has 6 aliphatic rings. The van der Waals surface area contributed by atoms with E-state index in [1.165, 1.54) is 12.0 Å². The Morgan fingerprint density at radius 1 is 1.08 bits per heavy atom. The molecule has 2 aliphatic heterocycles. The number of benzene rings is 1. The standard InChI is InChI=1S/C30H43N3O5/c31-27(36)22-3-1-2-21(9-22)23-10-24-4-5-25(11-23)33(24)7-6-32(28(37)26(35)16-34)18-29-12-19-8-20(13-29)15-30(38,14-19)17-29/h1-3,9,19-20,23-26,34-35,38H,4-8,10-18H2,(H2,31,36)/t19?,20?,23-,24+,25-,26-,29?,30?/m0/s1. The van der Waals surface area contributed by atoms with Crippen molar-refractivity contribution in [2.75, 3.05) is 26.2 Å². The molecular formula is C30H43N3O5. The molecule has 38 heavy (non-hydrogen) atoms. The van der Waals surface area contributed by atoms with Crippen molar-refractivity contribution in [3.63, 3.8) is 0 Å². The number of aliphatic hydroxyl groups is 3. The summed E-state index contributed by atoms with van der Waals surface area (Å²) in [5, 5.41) is 31.1. The van der Waals surface area contributed by atoms with Crippen molar-refractivity contribution in [1.29, 1.82) is 0 Å². The fourth-order valence-corrected chi connectivity index (χ4v) is 9.64. The second-order valence-corrected chi connectivity index (χ2v) is 13.4. The van der Waals surface area contributed by atoms with Gasteiger partial charge in [0.2, 0.25) is 5.91 Å². The molecule has 6 fully saturated rings. The number of fused-ring (bicyclic) bond motifs is 2. The molecule has 1 aromatic rings. The van der Waals surface area contributed by atoms with E-state index in [-0.39, 0.29) is 11.3 Å². The van der Waals surface area contributed by atoms with E-state index in [4.69, 9.17) is 5.73 Å². The number of carbonyl (C=O) groups is 2. The lowest BCUT2D eigenvalue weighted by atomic mass is 9.48. The van der Waals surface area contributed by atoms with Gasteiger partial charge in [-0.3, -0.25) is 14.5 Å². The van der Waals surface area contributed by atoms with Gasteiger partial charge in [-0.2, -0.15) is 0 Å². The van der Waals surface area contributed by atoms with Crippen molar-refractivity contribution < 1.29 is 24.9 Å². The minimum Gasteiger partial charge on any atom is -0.393 e. The molecule has 1 aromatic carbocycles. The monoisotopic (exact) mass is 525 g/mol. The van der Waals surface area contributed by atoms with Gasteiger partial charge in [-0.25, -0.2) is 0 Å². The van der Waals surface area contributed by atoms with Crippen molar-refractivity contribution in [2.45, 2.75) is 93.9 Å². The number of hydrogen-bond donors (Lipinski definition) is 4. The number of piperidine rings is 1. The van der Waals surface area contributed by atoms with Crippen molar-refractivity contribution in [3.05, 3.63) is 35.4 Å². The molecule has 8 nitrogen and oxygen atoms in total. The van der Waals surface area contributed by atoms with Crippen LogP contribution in [0.5, 0.6) is 0 Å². The van der Waals surface area contributed by atoms with E-state index in [2.05, 4.69) is 11.0 Å². The first-order chi connectivity index (χ1) is 18.2. The van der Waals surface area contributed by atoms with Gasteiger partial charge >= 0.3 is 0 Å². The zero-order valence-corrected chi connectivity index (χ0v) is 22.3. The normalized spacial score (nSPS) is 38.3. The van der Waals surface area contributed by atoms with Crippen molar-refractivity contribution >= 4 is 11.8 Å². The van der Waals surface area contributed by atoms with Crippen molar-refractivity contribution in [3.8, 4) is 0 Å². The van der Waals surface area contributed by atoms with Crippen LogP contribution in [0.4, 0.5) is 0 Å². The third kappa shape index (κ3) is 4.89. The highest BCUT2D eigenvalue weighted by molar-refractivity contribution is 5.92. The molecule has 2 amide bonds. The van der Waals surface area contributed by atoms with Gasteiger partial charge in [0.15, 0.2) is 6.10 Å². The van der Waals surface area contributed by atoms with Gasteiger partial charge in [0.1, 0.15) is 0 Å². The highest BCUT2D eigenvalue weighted by atomic mass is 16.3. The molecule has 2 unspecified atom stereocenters. The molecule has 4 aliphatic carbocycles. The Balaban J connectivity index is 1.14. The van der Waals surface area contributed by atoms with Gasteiger partial charge in [0, 0.05) is 37.3 Å². The molecule has 2 heterocycles. The van der Waals surface area contributed by atoms with Crippen LogP contribution in [0.3, 0.4) is 0 Å². The van der Waals surface area contributed by atoms with E-state index in [1.807, 2.05) is 12.1 Å². The molecule has 2 saturated heterocycles. The first kappa shape index (κ1) is 26.2. The van der Waals surface area contributed by atoms with E-state index in [9.17, 15) is 24.9 Å². The van der Waals surface area contributed by atoms with Crippen molar-refractivity contribution in [1.82, 2.24) is 9.80 Å². The fraction of sp³-hybridized carbons (Fsp3) is 0.733. The number of rotatable bonds is 9. The molecule has 6 atom stereocenters. The fourth-order valence-electron chi connectivity index (χ4n) is 9.64. The molecule has 0 aromatic heterocycles. The molecule has 8 heteroatoms. The predicted octanol–water partition coefficient (Wildman–Crippen LogP) is 2.01. The van der Waals surface area contributed by atoms with Crippen LogP contribution in [0.1, 0.15) is 86.0 Å². The maximum atomic E-state index is 13.3. The lowest BCUT2D eigenvalue weighted by Gasteiger charge is -2.61. The van der Waals surface area contributed by atoms with E-state index < -0.39 is 24.2 Å². The second kappa shape index (κ2) is 9.88. The maximum Gasteiger partial charge on any atom is 0.253 e. The molecule has 0 spiro atoms. The molecule has 5 N–H and O–H groups in total. The van der Waals surface area contributed by atoms with E-state index in [0.717, 1.165) is 64.3 Å². The summed E-state index contributed by atoms with van der Waals surface area (Å²) < 4.78 is 0. The van der Waals surface area contributed by atoms with Gasteiger partial charge in [-0.15, -0.1) is 0 Å². The summed E-state index contributed by atoms with van der Waals surface area (Å²) in [6, 6.07) is 8.58. The lowest BCUT2D eigenvalue weighted by Crippen LogP contribution is -2.60. The molecule has 4 saturated carbocycles. The van der Waals surface area contributed by atoms with Crippen LogP contribution in [0.2, 0.25) is 0 Å². The molecule has 7 rings (SSSR count). The van der Waals surface area contributed by atoms with E-state index in [0.29, 0.717) is 48.5 Å². The lowest BCUT2D eigenvalue weighted by molar-refractivity contribution is -0.175. The molecule has 6 bridgehead atoms. The number of amides is 2. The summed E-state index contributed by atoms with van der Waals surface area (Å²) in [7, 11) is 0. The summed E-state index contributed by atoms with van der Waals surface area (Å²) in [5.74, 6) is 0.673. The number of carbonyl (C=O) groups excluding carboxylic acids is 2. The van der Waals surface area contributed by atoms with Crippen LogP contribution in [-0.2, 0) is 4.79 Å². The van der Waals surface area contributed by atoms with Crippen LogP contribution >= 0.6 is 0 Å². The number of aliphatic hydroxyl groups excluding tert-OH is 2. The van der Waals surface area contributed by atoms with E-state index in [1.54, 1.807) is 11.0 Å². The summed E-state index contributed by atoms with van der Waals surface area (Å²) in [5.41, 5.74) is 6.57. The first-order valence-electron chi connectivity index (χ1n) is 14.6. The van der Waals surface area contributed by atoms with Crippen LogP contribution < -0.4 is 5.73 Å².